The third-order valence-corrected chi connectivity index (χ3v) is 5.29. The van der Waals surface area contributed by atoms with Crippen molar-refractivity contribution < 1.29 is 9.53 Å². The first-order chi connectivity index (χ1) is 13.5. The lowest BCUT2D eigenvalue weighted by Gasteiger charge is -2.13. The van der Waals surface area contributed by atoms with Crippen molar-refractivity contribution in [3.63, 3.8) is 0 Å². The summed E-state index contributed by atoms with van der Waals surface area (Å²) < 4.78 is 7.20. The number of benzene rings is 2. The minimum atomic E-state index is -0.337. The molecule has 1 heterocycles. The van der Waals surface area contributed by atoms with E-state index in [4.69, 9.17) is 10.5 Å². The molecule has 0 aliphatic rings. The van der Waals surface area contributed by atoms with Crippen LogP contribution in [0.3, 0.4) is 0 Å². The smallest absolute Gasteiger partial charge is 0.237 e. The first-order valence-corrected chi connectivity index (χ1v) is 9.80. The number of amides is 1. The molecular weight excluding hydrogens is 374 g/mol. The molecule has 0 saturated carbocycles. The number of carbonyl (C=O) groups is 1. The lowest BCUT2D eigenvalue weighted by Crippen LogP contribution is -2.23. The minimum Gasteiger partial charge on any atom is -0.497 e. The van der Waals surface area contributed by atoms with E-state index in [2.05, 4.69) is 15.5 Å². The van der Waals surface area contributed by atoms with E-state index in [1.165, 1.54) is 11.8 Å². The van der Waals surface area contributed by atoms with Crippen molar-refractivity contribution >= 4 is 29.0 Å². The van der Waals surface area contributed by atoms with Crippen LogP contribution in [-0.2, 0) is 11.3 Å². The highest BCUT2D eigenvalue weighted by molar-refractivity contribution is 8.00. The van der Waals surface area contributed by atoms with Crippen molar-refractivity contribution in [2.45, 2.75) is 30.8 Å². The molecule has 2 aromatic carbocycles. The van der Waals surface area contributed by atoms with Crippen molar-refractivity contribution in [2.24, 2.45) is 0 Å². The van der Waals surface area contributed by atoms with Gasteiger partial charge >= 0.3 is 0 Å². The van der Waals surface area contributed by atoms with Gasteiger partial charge in [-0.15, -0.1) is 10.2 Å². The second-order valence-corrected chi connectivity index (χ2v) is 7.46. The fourth-order valence-electron chi connectivity index (χ4n) is 2.64. The Morgan fingerprint density at radius 3 is 2.46 bits per heavy atom. The molecule has 1 atom stereocenters. The fourth-order valence-corrected chi connectivity index (χ4v) is 3.55. The highest BCUT2D eigenvalue weighted by atomic mass is 32.2. The summed E-state index contributed by atoms with van der Waals surface area (Å²) in [5, 5.41) is 11.9. The lowest BCUT2D eigenvalue weighted by molar-refractivity contribution is -0.115. The third-order valence-electron chi connectivity index (χ3n) is 4.21. The van der Waals surface area contributed by atoms with Crippen molar-refractivity contribution in [1.82, 2.24) is 14.8 Å². The molecule has 0 bridgehead atoms. The molecule has 1 aromatic heterocycles. The van der Waals surface area contributed by atoms with E-state index in [0.717, 1.165) is 17.1 Å². The standard InChI is InChI=1S/C20H23N5O2S/c1-4-25-18(14-5-11-17(27-3)12-6-14)23-24-20(25)28-13(2)19(26)22-16-9-7-15(21)8-10-16/h5-13H,4,21H2,1-3H3,(H,22,26)/t13-/m1/s1. The summed E-state index contributed by atoms with van der Waals surface area (Å²) in [4.78, 5) is 12.5. The topological polar surface area (TPSA) is 95.1 Å². The quantitative estimate of drug-likeness (QED) is 0.466. The summed E-state index contributed by atoms with van der Waals surface area (Å²) in [7, 11) is 1.63. The van der Waals surface area contributed by atoms with E-state index in [1.807, 2.05) is 42.7 Å². The SMILES string of the molecule is CCn1c(S[C@H](C)C(=O)Nc2ccc(N)cc2)nnc1-c1ccc(OC)cc1. The largest absolute Gasteiger partial charge is 0.497 e. The Labute approximate surface area is 168 Å². The number of nitrogens with one attached hydrogen (secondary N) is 1. The van der Waals surface area contributed by atoms with Crippen LogP contribution < -0.4 is 15.8 Å². The van der Waals surface area contributed by atoms with Gasteiger partial charge in [0, 0.05) is 23.5 Å². The molecule has 0 unspecified atom stereocenters. The van der Waals surface area contributed by atoms with Crippen LogP contribution in [0.2, 0.25) is 0 Å². The zero-order chi connectivity index (χ0) is 20.1. The van der Waals surface area contributed by atoms with Gasteiger partial charge in [0.15, 0.2) is 11.0 Å². The first-order valence-electron chi connectivity index (χ1n) is 8.92. The minimum absolute atomic E-state index is 0.105. The van der Waals surface area contributed by atoms with Gasteiger partial charge in [-0.3, -0.25) is 4.79 Å². The molecular formula is C20H23N5O2S. The lowest BCUT2D eigenvalue weighted by atomic mass is 10.2. The van der Waals surface area contributed by atoms with Crippen LogP contribution in [0.25, 0.3) is 11.4 Å². The van der Waals surface area contributed by atoms with Gasteiger partial charge in [-0.25, -0.2) is 0 Å². The van der Waals surface area contributed by atoms with E-state index < -0.39 is 0 Å². The normalized spacial score (nSPS) is 11.8. The number of hydrogen-bond donors (Lipinski definition) is 2. The van der Waals surface area contributed by atoms with Gasteiger partial charge in [-0.1, -0.05) is 11.8 Å². The Bertz CT molecular complexity index is 938. The number of nitrogens with two attached hydrogens (primary N) is 1. The number of carbonyl (C=O) groups excluding carboxylic acids is 1. The number of nitrogen functional groups attached to an aromatic ring is 1. The highest BCUT2D eigenvalue weighted by Crippen LogP contribution is 2.28. The summed E-state index contributed by atoms with van der Waals surface area (Å²) in [5.74, 6) is 1.44. The number of nitrogens with zero attached hydrogens (tertiary/aromatic N) is 3. The maximum absolute atomic E-state index is 12.5. The van der Waals surface area contributed by atoms with Crippen LogP contribution in [0.5, 0.6) is 5.75 Å². The van der Waals surface area contributed by atoms with Gasteiger partial charge in [0.1, 0.15) is 5.75 Å². The maximum atomic E-state index is 12.5. The molecule has 0 aliphatic carbocycles. The number of anilines is 2. The number of aromatic nitrogens is 3. The highest BCUT2D eigenvalue weighted by Gasteiger charge is 2.20. The predicted octanol–water partition coefficient (Wildman–Crippen LogP) is 3.68. The Morgan fingerprint density at radius 2 is 1.86 bits per heavy atom. The average Bonchev–Trinajstić information content (AvgIpc) is 3.12. The zero-order valence-corrected chi connectivity index (χ0v) is 16.9. The Hall–Kier alpha value is -3.00. The predicted molar refractivity (Wildman–Crippen MR) is 112 cm³/mol. The van der Waals surface area contributed by atoms with Gasteiger partial charge in [0.25, 0.3) is 0 Å². The molecule has 7 nitrogen and oxygen atoms in total. The van der Waals surface area contributed by atoms with Crippen LogP contribution in [0.15, 0.2) is 53.7 Å². The van der Waals surface area contributed by atoms with Crippen LogP contribution >= 0.6 is 11.8 Å². The molecule has 3 rings (SSSR count). The van der Waals surface area contributed by atoms with Crippen molar-refractivity contribution in [3.05, 3.63) is 48.5 Å². The van der Waals surface area contributed by atoms with E-state index in [-0.39, 0.29) is 11.2 Å². The summed E-state index contributed by atoms with van der Waals surface area (Å²) in [5.41, 5.74) is 7.99. The molecule has 3 N–H and O–H groups in total. The van der Waals surface area contributed by atoms with Gasteiger partial charge in [-0.05, 0) is 62.4 Å². The van der Waals surface area contributed by atoms with Crippen LogP contribution in [0.1, 0.15) is 13.8 Å². The molecule has 0 saturated heterocycles. The van der Waals surface area contributed by atoms with Crippen LogP contribution in [0.4, 0.5) is 11.4 Å². The Morgan fingerprint density at radius 1 is 1.18 bits per heavy atom. The molecule has 0 spiro atoms. The monoisotopic (exact) mass is 397 g/mol. The number of ether oxygens (including phenoxy) is 1. The summed E-state index contributed by atoms with van der Waals surface area (Å²) in [6.07, 6.45) is 0. The summed E-state index contributed by atoms with van der Waals surface area (Å²) in [6.45, 7) is 4.57. The molecule has 1 amide bonds. The number of rotatable bonds is 7. The van der Waals surface area contributed by atoms with Gasteiger partial charge in [-0.2, -0.15) is 0 Å². The molecule has 8 heteroatoms. The molecule has 0 aliphatic heterocycles. The van der Waals surface area contributed by atoms with Gasteiger partial charge in [0.2, 0.25) is 5.91 Å². The number of hydrogen-bond acceptors (Lipinski definition) is 6. The molecule has 0 fully saturated rings. The Balaban J connectivity index is 1.73. The van der Waals surface area contributed by atoms with Crippen LogP contribution in [0, 0.1) is 0 Å². The van der Waals surface area contributed by atoms with Crippen molar-refractivity contribution in [3.8, 4) is 17.1 Å². The van der Waals surface area contributed by atoms with Crippen LogP contribution in [-0.4, -0.2) is 33.0 Å². The van der Waals surface area contributed by atoms with Gasteiger partial charge < -0.3 is 20.4 Å². The molecule has 28 heavy (non-hydrogen) atoms. The Kier molecular flexibility index (Phi) is 6.20. The first kappa shape index (κ1) is 19.8. The van der Waals surface area contributed by atoms with E-state index in [9.17, 15) is 4.79 Å². The molecule has 146 valence electrons. The van der Waals surface area contributed by atoms with E-state index in [0.29, 0.717) is 23.1 Å². The zero-order valence-electron chi connectivity index (χ0n) is 16.0. The molecule has 3 aromatic rings. The van der Waals surface area contributed by atoms with Crippen molar-refractivity contribution in [2.75, 3.05) is 18.2 Å². The second kappa shape index (κ2) is 8.79. The van der Waals surface area contributed by atoms with Crippen molar-refractivity contribution in [1.29, 1.82) is 0 Å². The average molecular weight is 398 g/mol. The maximum Gasteiger partial charge on any atom is 0.237 e. The van der Waals surface area contributed by atoms with E-state index in [1.54, 1.807) is 31.4 Å². The summed E-state index contributed by atoms with van der Waals surface area (Å²) >= 11 is 1.38. The van der Waals surface area contributed by atoms with Gasteiger partial charge in [0.05, 0.1) is 12.4 Å². The number of methoxy groups -OCH3 is 1. The fraction of sp³-hybridized carbons (Fsp3) is 0.250. The second-order valence-electron chi connectivity index (χ2n) is 6.15. The molecule has 0 radical (unpaired) electrons. The number of thioether (sulfide) groups is 1. The summed E-state index contributed by atoms with van der Waals surface area (Å²) in [6, 6.07) is 14.7. The third kappa shape index (κ3) is 4.45. The van der Waals surface area contributed by atoms with E-state index >= 15 is 0 Å².